The lowest BCUT2D eigenvalue weighted by Gasteiger charge is -2.26. The first-order chi connectivity index (χ1) is 19.7. The van der Waals surface area contributed by atoms with Gasteiger partial charge >= 0.3 is 12.2 Å². The van der Waals surface area contributed by atoms with E-state index in [9.17, 15) is 19.5 Å². The summed E-state index contributed by atoms with van der Waals surface area (Å²) in [4.78, 5) is 36.1. The summed E-state index contributed by atoms with van der Waals surface area (Å²) in [5.41, 5.74) is 0.0702. The number of nitrogens with one attached hydrogen (secondary N) is 2. The van der Waals surface area contributed by atoms with Crippen LogP contribution in [0.15, 0.2) is 60.7 Å². The van der Waals surface area contributed by atoms with Gasteiger partial charge in [-0.15, -0.1) is 24.7 Å². The number of ketones is 1. The first-order valence-electron chi connectivity index (χ1n) is 13.8. The van der Waals surface area contributed by atoms with Crippen LogP contribution in [-0.4, -0.2) is 46.4 Å². The highest BCUT2D eigenvalue weighted by atomic mass is 16.6. The Morgan fingerprint density at radius 3 is 1.69 bits per heavy atom. The van der Waals surface area contributed by atoms with E-state index in [0.29, 0.717) is 31.2 Å². The molecule has 0 heterocycles. The molecule has 0 saturated carbocycles. The Hall–Kier alpha value is -4.27. The average Bonchev–Trinajstić information content (AvgIpc) is 2.92. The molecule has 3 unspecified atom stereocenters. The van der Waals surface area contributed by atoms with Gasteiger partial charge < -0.3 is 25.2 Å². The fourth-order valence-electron chi connectivity index (χ4n) is 3.64. The lowest BCUT2D eigenvalue weighted by Crippen LogP contribution is -2.43. The van der Waals surface area contributed by atoms with E-state index in [1.807, 2.05) is 36.4 Å². The van der Waals surface area contributed by atoms with Gasteiger partial charge in [0, 0.05) is 18.4 Å². The van der Waals surface area contributed by atoms with Gasteiger partial charge in [-0.3, -0.25) is 4.79 Å². The van der Waals surface area contributed by atoms with Crippen molar-refractivity contribution in [2.24, 2.45) is 0 Å². The molecule has 0 aliphatic heterocycles. The molecular weight excluding hydrogens is 532 g/mol. The fraction of sp³-hybridized carbons (Fsp3) is 0.441. The number of alkyl carbamates (subject to hydrolysis) is 2. The van der Waals surface area contributed by atoms with Crippen LogP contribution in [0.2, 0.25) is 0 Å². The summed E-state index contributed by atoms with van der Waals surface area (Å²) in [5, 5.41) is 15.7. The number of hydrogen-bond donors (Lipinski definition) is 3. The summed E-state index contributed by atoms with van der Waals surface area (Å²) in [6.45, 7) is 10.7. The minimum atomic E-state index is -0.827. The van der Waals surface area contributed by atoms with Crippen LogP contribution in [-0.2, 0) is 9.47 Å². The van der Waals surface area contributed by atoms with E-state index in [1.54, 1.807) is 65.8 Å². The Morgan fingerprint density at radius 1 is 0.762 bits per heavy atom. The molecule has 2 amide bonds. The van der Waals surface area contributed by atoms with Gasteiger partial charge in [0.1, 0.15) is 11.2 Å². The maximum Gasteiger partial charge on any atom is 0.408 e. The highest BCUT2D eigenvalue weighted by molar-refractivity contribution is 6.01. The van der Waals surface area contributed by atoms with Crippen LogP contribution in [0.5, 0.6) is 0 Å². The standard InChI is InChI=1S/C17H23NO3.C17H21NO3/c2*1-5-6-12-14(18-16(20)21-17(2,3)4)15(19)13-10-8-7-9-11-13/h1,7-11,14-15,19H,6,12H2,2-4H3,(H,18,20);1,7-11,14H,6,12H2,2-4H3,(H,18,20). The minimum Gasteiger partial charge on any atom is -0.444 e. The quantitative estimate of drug-likeness (QED) is 0.229. The molecule has 0 aromatic heterocycles. The van der Waals surface area contributed by atoms with Crippen LogP contribution >= 0.6 is 0 Å². The van der Waals surface area contributed by atoms with E-state index in [2.05, 4.69) is 22.5 Å². The molecule has 0 aliphatic carbocycles. The van der Waals surface area contributed by atoms with Gasteiger partial charge in [-0.05, 0) is 59.9 Å². The number of benzene rings is 2. The maximum absolute atomic E-state index is 12.4. The van der Waals surface area contributed by atoms with Crippen LogP contribution in [0.1, 0.15) is 89.3 Å². The third kappa shape index (κ3) is 14.9. The number of aliphatic hydroxyl groups excluding tert-OH is 1. The van der Waals surface area contributed by atoms with E-state index in [0.717, 1.165) is 5.56 Å². The van der Waals surface area contributed by atoms with Gasteiger partial charge in [0.15, 0.2) is 5.78 Å². The van der Waals surface area contributed by atoms with E-state index in [4.69, 9.17) is 22.3 Å². The van der Waals surface area contributed by atoms with Crippen LogP contribution in [0, 0.1) is 24.7 Å². The zero-order valence-corrected chi connectivity index (χ0v) is 25.5. The van der Waals surface area contributed by atoms with Crippen molar-refractivity contribution >= 4 is 18.0 Å². The highest BCUT2D eigenvalue weighted by Crippen LogP contribution is 2.20. The summed E-state index contributed by atoms with van der Waals surface area (Å²) in [6, 6.07) is 16.8. The van der Waals surface area contributed by atoms with Crippen molar-refractivity contribution in [3.63, 3.8) is 0 Å². The van der Waals surface area contributed by atoms with Crippen molar-refractivity contribution < 1.29 is 29.0 Å². The van der Waals surface area contributed by atoms with Crippen LogP contribution < -0.4 is 10.6 Å². The lowest BCUT2D eigenvalue weighted by atomic mass is 9.98. The van der Waals surface area contributed by atoms with Gasteiger partial charge in [0.25, 0.3) is 0 Å². The number of terminal acetylenes is 2. The molecule has 3 atom stereocenters. The Bertz CT molecular complexity index is 1200. The van der Waals surface area contributed by atoms with Crippen LogP contribution in [0.25, 0.3) is 0 Å². The van der Waals surface area contributed by atoms with Crippen LogP contribution in [0.3, 0.4) is 0 Å². The van der Waals surface area contributed by atoms with Crippen molar-refractivity contribution in [3.8, 4) is 24.7 Å². The van der Waals surface area contributed by atoms with E-state index < -0.39 is 41.6 Å². The third-order valence-corrected chi connectivity index (χ3v) is 5.47. The SMILES string of the molecule is C#CCCC(NC(=O)OC(C)(C)C)C(=O)c1ccccc1.C#CCCC(NC(=O)OC(C)(C)C)C(O)c1ccccc1. The molecule has 0 spiro atoms. The Balaban J connectivity index is 0.000000420. The first kappa shape index (κ1) is 35.8. The molecule has 0 fully saturated rings. The Morgan fingerprint density at radius 2 is 1.21 bits per heavy atom. The molecule has 3 N–H and O–H groups in total. The van der Waals surface area contributed by atoms with Crippen molar-refractivity contribution in [2.45, 2.75) is 96.6 Å². The molecule has 2 aromatic carbocycles. The number of amides is 2. The number of Topliss-reactive ketones (excluding diaryl/α,β-unsaturated/α-hetero) is 1. The van der Waals surface area contributed by atoms with E-state index in [1.165, 1.54) is 0 Å². The lowest BCUT2D eigenvalue weighted by molar-refractivity contribution is 0.0414. The summed E-state index contributed by atoms with van der Waals surface area (Å²) in [6.07, 6.45) is 10.2. The molecule has 8 nitrogen and oxygen atoms in total. The molecule has 0 aliphatic rings. The van der Waals surface area contributed by atoms with Gasteiger partial charge in [-0.25, -0.2) is 9.59 Å². The third-order valence-electron chi connectivity index (χ3n) is 5.47. The number of carbonyl (C=O) groups excluding carboxylic acids is 3. The zero-order chi connectivity index (χ0) is 31.8. The summed E-state index contributed by atoms with van der Waals surface area (Å²) < 4.78 is 10.4. The largest absolute Gasteiger partial charge is 0.444 e. The molecule has 42 heavy (non-hydrogen) atoms. The number of ether oxygens (including phenoxy) is 2. The van der Waals surface area contributed by atoms with E-state index in [-0.39, 0.29) is 5.78 Å². The highest BCUT2D eigenvalue weighted by Gasteiger charge is 2.26. The van der Waals surface area contributed by atoms with Crippen molar-refractivity contribution in [3.05, 3.63) is 71.8 Å². The summed E-state index contributed by atoms with van der Waals surface area (Å²) in [7, 11) is 0. The normalized spacial score (nSPS) is 13.0. The summed E-state index contributed by atoms with van der Waals surface area (Å²) >= 11 is 0. The Kier molecular flexibility index (Phi) is 14.9. The second-order valence-corrected chi connectivity index (χ2v) is 11.5. The number of carbonyl (C=O) groups is 3. The van der Waals surface area contributed by atoms with Gasteiger partial charge in [0.05, 0.1) is 18.2 Å². The second kappa shape index (κ2) is 17.5. The zero-order valence-electron chi connectivity index (χ0n) is 25.5. The summed E-state index contributed by atoms with van der Waals surface area (Å²) in [5.74, 6) is 4.83. The van der Waals surface area contributed by atoms with Gasteiger partial charge in [-0.2, -0.15) is 0 Å². The average molecular weight is 577 g/mol. The topological polar surface area (TPSA) is 114 Å². The van der Waals surface area contributed by atoms with Crippen LogP contribution in [0.4, 0.5) is 9.59 Å². The minimum absolute atomic E-state index is 0.170. The number of rotatable bonds is 10. The molecule has 2 rings (SSSR count). The van der Waals surface area contributed by atoms with Gasteiger partial charge in [-0.1, -0.05) is 60.7 Å². The maximum atomic E-state index is 12.4. The molecule has 0 saturated heterocycles. The number of hydrogen-bond acceptors (Lipinski definition) is 6. The van der Waals surface area contributed by atoms with Crippen molar-refractivity contribution in [1.82, 2.24) is 10.6 Å². The van der Waals surface area contributed by atoms with Crippen molar-refractivity contribution in [1.29, 1.82) is 0 Å². The van der Waals surface area contributed by atoms with Gasteiger partial charge in [0.2, 0.25) is 0 Å². The molecule has 2 aromatic rings. The fourth-order valence-corrected chi connectivity index (χ4v) is 3.64. The molecule has 0 bridgehead atoms. The second-order valence-electron chi connectivity index (χ2n) is 11.5. The monoisotopic (exact) mass is 576 g/mol. The van der Waals surface area contributed by atoms with Crippen molar-refractivity contribution in [2.75, 3.05) is 0 Å². The predicted octanol–water partition coefficient (Wildman–Crippen LogP) is 6.20. The first-order valence-corrected chi connectivity index (χ1v) is 13.8. The molecule has 0 radical (unpaired) electrons. The number of aliphatic hydroxyl groups is 1. The Labute approximate surface area is 250 Å². The van der Waals surface area contributed by atoms with E-state index >= 15 is 0 Å². The molecule has 226 valence electrons. The molecule has 8 heteroatoms. The smallest absolute Gasteiger partial charge is 0.408 e. The predicted molar refractivity (Wildman–Crippen MR) is 165 cm³/mol. The molecular formula is C34H44N2O6.